The first-order valence-corrected chi connectivity index (χ1v) is 12.1. The highest BCUT2D eigenvalue weighted by atomic mass is 32.2. The first kappa shape index (κ1) is 21.4. The van der Waals surface area contributed by atoms with Gasteiger partial charge in [-0.1, -0.05) is 12.1 Å². The second kappa shape index (κ2) is 8.14. The number of carbonyl (C=O) groups is 1. The Morgan fingerprint density at radius 1 is 1.21 bits per heavy atom. The third-order valence-electron chi connectivity index (χ3n) is 5.86. The highest BCUT2D eigenvalue weighted by Crippen LogP contribution is 2.39. The lowest BCUT2D eigenvalue weighted by atomic mass is 9.97. The van der Waals surface area contributed by atoms with Crippen LogP contribution >= 0.6 is 0 Å². The molecule has 2 N–H and O–H groups in total. The van der Waals surface area contributed by atoms with Crippen LogP contribution in [0.4, 0.5) is 14.9 Å². The summed E-state index contributed by atoms with van der Waals surface area (Å²) >= 11 is 0. The average molecular weight is 472 g/mol. The molecule has 0 saturated heterocycles. The van der Waals surface area contributed by atoms with Gasteiger partial charge in [0.25, 0.3) is 10.0 Å². The maximum absolute atomic E-state index is 14.7. The lowest BCUT2D eigenvalue weighted by Crippen LogP contribution is -2.35. The number of anilines is 1. The van der Waals surface area contributed by atoms with Crippen LogP contribution in [0.2, 0.25) is 0 Å². The minimum absolute atomic E-state index is 0.192. The summed E-state index contributed by atoms with van der Waals surface area (Å²) in [6, 6.07) is 5.68. The number of hydrogen-bond acceptors (Lipinski definition) is 6. The van der Waals surface area contributed by atoms with Crippen molar-refractivity contribution in [3.63, 3.8) is 0 Å². The summed E-state index contributed by atoms with van der Waals surface area (Å²) in [5.74, 6) is -0.369. The van der Waals surface area contributed by atoms with E-state index in [1.54, 1.807) is 16.9 Å². The Kier molecular flexibility index (Phi) is 5.28. The molecule has 11 heteroatoms. The number of halogens is 1. The zero-order chi connectivity index (χ0) is 23.2. The number of urea groups is 1. The number of amides is 2. The number of hydrogen-bond donors (Lipinski definition) is 2. The molecule has 0 bridgehead atoms. The van der Waals surface area contributed by atoms with Crippen molar-refractivity contribution < 1.29 is 22.3 Å². The lowest BCUT2D eigenvalue weighted by molar-refractivity contribution is 0.256. The van der Waals surface area contributed by atoms with Crippen LogP contribution in [0.1, 0.15) is 36.4 Å². The molecule has 33 heavy (non-hydrogen) atoms. The number of nitrogens with one attached hydrogen (secondary N) is 2. The fraction of sp³-hybridized carbons (Fsp3) is 0.318. The number of benzene rings is 1. The van der Waals surface area contributed by atoms with E-state index < -0.39 is 21.9 Å². The highest BCUT2D eigenvalue weighted by Gasteiger charge is 2.28. The molecule has 0 radical (unpaired) electrons. The maximum Gasteiger partial charge on any atom is 0.333 e. The topological polar surface area (TPSA) is 115 Å². The molecule has 2 heterocycles. The van der Waals surface area contributed by atoms with Crippen LogP contribution in [0.3, 0.4) is 0 Å². The Morgan fingerprint density at radius 3 is 2.79 bits per heavy atom. The van der Waals surface area contributed by atoms with Gasteiger partial charge in [-0.3, -0.25) is 4.68 Å². The second-order valence-corrected chi connectivity index (χ2v) is 9.74. The quantitative estimate of drug-likeness (QED) is 0.569. The summed E-state index contributed by atoms with van der Waals surface area (Å²) in [7, 11) is -2.75. The number of aryl methyl sites for hydroxylation is 1. The molecule has 9 nitrogen and oxygen atoms in total. The van der Waals surface area contributed by atoms with E-state index in [1.165, 1.54) is 19.2 Å². The van der Waals surface area contributed by atoms with E-state index in [4.69, 9.17) is 4.74 Å². The van der Waals surface area contributed by atoms with Crippen molar-refractivity contribution in [2.24, 2.45) is 0 Å². The fourth-order valence-electron chi connectivity index (χ4n) is 4.09. The zero-order valence-corrected chi connectivity index (χ0v) is 18.7. The molecule has 2 aliphatic rings. The van der Waals surface area contributed by atoms with Gasteiger partial charge in [-0.05, 0) is 49.3 Å². The number of rotatable bonds is 6. The van der Waals surface area contributed by atoms with Gasteiger partial charge in [-0.15, -0.1) is 0 Å². The smallest absolute Gasteiger partial charge is 0.333 e. The molecular weight excluding hydrogens is 449 g/mol. The fourth-order valence-corrected chi connectivity index (χ4v) is 4.93. The van der Waals surface area contributed by atoms with Crippen LogP contribution in [0.15, 0.2) is 41.7 Å². The SMILES string of the molecule is COc1cc(-c2ccc3c(c2NC(=O)NS(=O)(=O)c2ccn(C4CC4)n2)CCC3)c(F)cn1. The molecule has 2 aliphatic carbocycles. The number of sulfonamides is 1. The number of nitrogens with zero attached hydrogens (tertiary/aromatic N) is 3. The van der Waals surface area contributed by atoms with Gasteiger partial charge in [0.15, 0.2) is 5.03 Å². The van der Waals surface area contributed by atoms with E-state index in [0.29, 0.717) is 17.7 Å². The Bertz CT molecular complexity index is 1350. The molecule has 2 aromatic heterocycles. The van der Waals surface area contributed by atoms with Crippen molar-refractivity contribution in [3.8, 4) is 17.0 Å². The normalized spacial score (nSPS) is 15.2. The molecule has 1 fully saturated rings. The summed E-state index contributed by atoms with van der Waals surface area (Å²) in [6.45, 7) is 0. The summed E-state index contributed by atoms with van der Waals surface area (Å²) in [5.41, 5.74) is 2.86. The number of carbonyl (C=O) groups excluding carboxylic acids is 1. The predicted octanol–water partition coefficient (Wildman–Crippen LogP) is 3.43. The zero-order valence-electron chi connectivity index (χ0n) is 17.8. The molecule has 1 aromatic carbocycles. The summed E-state index contributed by atoms with van der Waals surface area (Å²) in [6.07, 6.45) is 6.93. The van der Waals surface area contributed by atoms with E-state index in [2.05, 4.69) is 15.4 Å². The van der Waals surface area contributed by atoms with Crippen LogP contribution in [0.5, 0.6) is 5.88 Å². The minimum atomic E-state index is -4.17. The maximum atomic E-state index is 14.7. The lowest BCUT2D eigenvalue weighted by Gasteiger charge is -2.17. The van der Waals surface area contributed by atoms with Crippen molar-refractivity contribution in [2.75, 3.05) is 12.4 Å². The molecule has 172 valence electrons. The van der Waals surface area contributed by atoms with Gasteiger partial charge < -0.3 is 10.1 Å². The number of pyridine rings is 1. The third kappa shape index (κ3) is 4.15. The van der Waals surface area contributed by atoms with Crippen molar-refractivity contribution in [3.05, 3.63) is 53.6 Å². The predicted molar refractivity (Wildman–Crippen MR) is 118 cm³/mol. The molecule has 0 atom stereocenters. The van der Waals surface area contributed by atoms with E-state index in [-0.39, 0.29) is 22.5 Å². The van der Waals surface area contributed by atoms with Gasteiger partial charge in [-0.2, -0.15) is 13.5 Å². The van der Waals surface area contributed by atoms with Gasteiger partial charge in [0, 0.05) is 23.4 Å². The molecule has 3 aromatic rings. The number of aromatic nitrogens is 3. The van der Waals surface area contributed by atoms with Crippen molar-refractivity contribution in [1.82, 2.24) is 19.5 Å². The van der Waals surface area contributed by atoms with Crippen LogP contribution in [0, 0.1) is 5.82 Å². The highest BCUT2D eigenvalue weighted by molar-refractivity contribution is 7.90. The van der Waals surface area contributed by atoms with E-state index in [9.17, 15) is 17.6 Å². The van der Waals surface area contributed by atoms with Gasteiger partial charge in [0.2, 0.25) is 5.88 Å². The first-order valence-electron chi connectivity index (χ1n) is 10.6. The average Bonchev–Trinajstić information content (AvgIpc) is 3.30. The Balaban J connectivity index is 1.46. The molecular formula is C22H22FN5O4S. The van der Waals surface area contributed by atoms with Crippen LogP contribution in [0.25, 0.3) is 11.1 Å². The molecule has 0 aliphatic heterocycles. The van der Waals surface area contributed by atoms with Crippen LogP contribution < -0.4 is 14.8 Å². The van der Waals surface area contributed by atoms with Crippen molar-refractivity contribution in [1.29, 1.82) is 0 Å². The Morgan fingerprint density at radius 2 is 2.03 bits per heavy atom. The van der Waals surface area contributed by atoms with E-state index in [1.807, 2.05) is 10.8 Å². The summed E-state index contributed by atoms with van der Waals surface area (Å²) in [4.78, 5) is 16.6. The number of ether oxygens (including phenoxy) is 1. The molecule has 2 amide bonds. The standard InChI is InChI=1S/C22H22FN5O4S/c1-32-19-11-17(18(23)12-24-19)16-8-5-13-3-2-4-15(13)21(16)25-22(29)27-33(30,31)20-9-10-28(26-20)14-6-7-14/h5,8-12,14H,2-4,6-7H2,1H3,(H2,25,27,29). The molecule has 5 rings (SSSR count). The molecule has 0 spiro atoms. The number of methoxy groups -OCH3 is 1. The molecule has 0 unspecified atom stereocenters. The van der Waals surface area contributed by atoms with Gasteiger partial charge in [0.05, 0.1) is 25.0 Å². The largest absolute Gasteiger partial charge is 0.481 e. The third-order valence-corrected chi connectivity index (χ3v) is 7.08. The Labute approximate surface area is 190 Å². The van der Waals surface area contributed by atoms with E-state index >= 15 is 0 Å². The minimum Gasteiger partial charge on any atom is -0.481 e. The van der Waals surface area contributed by atoms with Gasteiger partial charge in [0.1, 0.15) is 5.82 Å². The first-order chi connectivity index (χ1) is 15.9. The number of fused-ring (bicyclic) bond motifs is 1. The van der Waals surface area contributed by atoms with Crippen molar-refractivity contribution in [2.45, 2.75) is 43.2 Å². The van der Waals surface area contributed by atoms with Crippen LogP contribution in [-0.4, -0.2) is 36.3 Å². The van der Waals surface area contributed by atoms with Crippen LogP contribution in [-0.2, 0) is 22.9 Å². The van der Waals surface area contributed by atoms with Gasteiger partial charge in [-0.25, -0.2) is 18.9 Å². The Hall–Kier alpha value is -3.47. The monoisotopic (exact) mass is 471 g/mol. The molecule has 1 saturated carbocycles. The summed E-state index contributed by atoms with van der Waals surface area (Å²) in [5, 5.41) is 6.49. The van der Waals surface area contributed by atoms with E-state index in [0.717, 1.165) is 43.0 Å². The van der Waals surface area contributed by atoms with Gasteiger partial charge >= 0.3 is 6.03 Å². The summed E-state index contributed by atoms with van der Waals surface area (Å²) < 4.78 is 48.8. The van der Waals surface area contributed by atoms with Crippen molar-refractivity contribution >= 4 is 21.7 Å². The second-order valence-electron chi connectivity index (χ2n) is 8.11.